The van der Waals surface area contributed by atoms with Gasteiger partial charge in [0.25, 0.3) is 6.20 Å². The van der Waals surface area contributed by atoms with E-state index in [2.05, 4.69) is 5.32 Å². The highest BCUT2D eigenvalue weighted by Crippen LogP contribution is 2.16. The smallest absolute Gasteiger partial charge is 0.253 e. The molecule has 0 aromatic heterocycles. The number of hydrogen-bond donors (Lipinski definition) is 1. The summed E-state index contributed by atoms with van der Waals surface area (Å²) in [7, 11) is 0. The lowest BCUT2D eigenvalue weighted by molar-refractivity contribution is -0.404. The Morgan fingerprint density at radius 1 is 1.90 bits per heavy atom. The number of hydrogen-bond acceptors (Lipinski definition) is 3. The van der Waals surface area contributed by atoms with Crippen molar-refractivity contribution in [1.29, 1.82) is 0 Å². The molecule has 1 atom stereocenters. The number of nitrogens with zero attached hydrogens (tertiary/aromatic N) is 1. The fourth-order valence-corrected chi connectivity index (χ4v) is 1.05. The van der Waals surface area contributed by atoms with Gasteiger partial charge >= 0.3 is 0 Å². The van der Waals surface area contributed by atoms with Crippen molar-refractivity contribution < 1.29 is 4.92 Å². The molecule has 10 heavy (non-hydrogen) atoms. The van der Waals surface area contributed by atoms with Crippen LogP contribution >= 0.6 is 0 Å². The summed E-state index contributed by atoms with van der Waals surface area (Å²) in [6, 6.07) is 0. The zero-order chi connectivity index (χ0) is 7.56. The average Bonchev–Trinajstić information content (AvgIpc) is 2.15. The van der Waals surface area contributed by atoms with Crippen molar-refractivity contribution in [2.24, 2.45) is 5.92 Å². The molecule has 1 saturated heterocycles. The van der Waals surface area contributed by atoms with E-state index in [9.17, 15) is 10.1 Å². The van der Waals surface area contributed by atoms with E-state index in [1.54, 1.807) is 0 Å². The van der Waals surface area contributed by atoms with Crippen molar-refractivity contribution in [2.75, 3.05) is 6.54 Å². The Bertz CT molecular complexity index is 177. The van der Waals surface area contributed by atoms with Crippen molar-refractivity contribution in [3.05, 3.63) is 22.0 Å². The fraction of sp³-hybridized carbons (Fsp3) is 0.667. The first-order valence-electron chi connectivity index (χ1n) is 3.29. The maximum absolute atomic E-state index is 9.99. The molecular weight excluding hydrogens is 132 g/mol. The molecule has 56 valence electrons. The van der Waals surface area contributed by atoms with Gasteiger partial charge in [-0.25, -0.2) is 0 Å². The summed E-state index contributed by atoms with van der Waals surface area (Å²) in [6.45, 7) is 2.84. The summed E-state index contributed by atoms with van der Waals surface area (Å²) in [5.41, 5.74) is 0.755. The van der Waals surface area contributed by atoms with Crippen LogP contribution in [0.2, 0.25) is 0 Å². The van der Waals surface area contributed by atoms with Gasteiger partial charge in [-0.05, 0) is 6.42 Å². The van der Waals surface area contributed by atoms with Crippen molar-refractivity contribution in [1.82, 2.24) is 5.32 Å². The van der Waals surface area contributed by atoms with Gasteiger partial charge in [-0.15, -0.1) is 0 Å². The van der Waals surface area contributed by atoms with Crippen LogP contribution in [0.5, 0.6) is 0 Å². The third-order valence-corrected chi connectivity index (χ3v) is 1.68. The monoisotopic (exact) mass is 142 g/mol. The highest BCUT2D eigenvalue weighted by molar-refractivity contribution is 5.04. The molecule has 4 heteroatoms. The van der Waals surface area contributed by atoms with E-state index in [0.29, 0.717) is 5.92 Å². The molecule has 0 aromatic rings. The number of nitrogens with one attached hydrogen (secondary N) is 1. The first-order chi connectivity index (χ1) is 4.70. The van der Waals surface area contributed by atoms with Gasteiger partial charge in [0.1, 0.15) is 0 Å². The van der Waals surface area contributed by atoms with E-state index in [4.69, 9.17) is 0 Å². The number of rotatable bonds is 1. The van der Waals surface area contributed by atoms with E-state index in [0.717, 1.165) is 24.9 Å². The van der Waals surface area contributed by atoms with Gasteiger partial charge < -0.3 is 5.32 Å². The predicted molar refractivity (Wildman–Crippen MR) is 36.9 cm³/mol. The second-order valence-electron chi connectivity index (χ2n) is 2.49. The van der Waals surface area contributed by atoms with Gasteiger partial charge in [0.2, 0.25) is 0 Å². The predicted octanol–water partition coefficient (Wildman–Crippen LogP) is 0.734. The average molecular weight is 142 g/mol. The summed E-state index contributed by atoms with van der Waals surface area (Å²) in [5.74, 6) is 0.324. The highest BCUT2D eigenvalue weighted by atomic mass is 16.6. The van der Waals surface area contributed by atoms with Gasteiger partial charge in [0.15, 0.2) is 0 Å². The van der Waals surface area contributed by atoms with Crippen molar-refractivity contribution in [3.63, 3.8) is 0 Å². The Morgan fingerprint density at radius 3 is 3.00 bits per heavy atom. The van der Waals surface area contributed by atoms with Crippen LogP contribution in [-0.2, 0) is 0 Å². The molecule has 1 fully saturated rings. The normalized spacial score (nSPS) is 28.5. The molecule has 0 bridgehead atoms. The van der Waals surface area contributed by atoms with Crippen LogP contribution < -0.4 is 5.32 Å². The molecule has 1 rings (SSSR count). The molecule has 0 radical (unpaired) electrons. The van der Waals surface area contributed by atoms with E-state index in [-0.39, 0.29) is 0 Å². The van der Waals surface area contributed by atoms with E-state index >= 15 is 0 Å². The third kappa shape index (κ3) is 1.46. The molecule has 0 amide bonds. The van der Waals surface area contributed by atoms with Crippen molar-refractivity contribution in [2.45, 2.75) is 13.3 Å². The zero-order valence-electron chi connectivity index (χ0n) is 5.83. The lowest BCUT2D eigenvalue weighted by Gasteiger charge is -1.98. The summed E-state index contributed by atoms with van der Waals surface area (Å²) < 4.78 is 0. The van der Waals surface area contributed by atoms with Crippen LogP contribution in [0.25, 0.3) is 0 Å². The van der Waals surface area contributed by atoms with Gasteiger partial charge in [-0.3, -0.25) is 10.1 Å². The summed E-state index contributed by atoms with van der Waals surface area (Å²) in [6.07, 6.45) is 2.05. The van der Waals surface area contributed by atoms with Crippen molar-refractivity contribution >= 4 is 0 Å². The summed E-state index contributed by atoms with van der Waals surface area (Å²) in [4.78, 5) is 9.58. The van der Waals surface area contributed by atoms with Crippen LogP contribution in [0.4, 0.5) is 0 Å². The van der Waals surface area contributed by atoms with Crippen LogP contribution in [-0.4, -0.2) is 11.5 Å². The lowest BCUT2D eigenvalue weighted by atomic mass is 10.1. The Hall–Kier alpha value is -1.06. The topological polar surface area (TPSA) is 55.2 Å². The molecule has 0 aromatic carbocycles. The second-order valence-corrected chi connectivity index (χ2v) is 2.49. The first-order valence-corrected chi connectivity index (χ1v) is 3.29. The number of nitro groups is 1. The van der Waals surface area contributed by atoms with Crippen molar-refractivity contribution in [3.8, 4) is 0 Å². The Kier molecular flexibility index (Phi) is 1.89. The van der Waals surface area contributed by atoms with E-state index in [1.807, 2.05) is 6.92 Å². The second kappa shape index (κ2) is 2.68. The van der Waals surface area contributed by atoms with Crippen LogP contribution in [0, 0.1) is 16.0 Å². The molecule has 1 aliphatic heterocycles. The van der Waals surface area contributed by atoms with Gasteiger partial charge in [0, 0.05) is 12.5 Å². The number of allylic oxidation sites excluding steroid dienone is 1. The Labute approximate surface area is 59.1 Å². The zero-order valence-corrected chi connectivity index (χ0v) is 5.83. The largest absolute Gasteiger partial charge is 0.383 e. The Morgan fingerprint density at radius 2 is 2.60 bits per heavy atom. The van der Waals surface area contributed by atoms with Crippen LogP contribution in [0.1, 0.15) is 13.3 Å². The van der Waals surface area contributed by atoms with Crippen LogP contribution in [0.15, 0.2) is 11.9 Å². The van der Waals surface area contributed by atoms with Crippen LogP contribution in [0.3, 0.4) is 0 Å². The molecule has 1 unspecified atom stereocenters. The summed E-state index contributed by atoms with van der Waals surface area (Å²) >= 11 is 0. The molecular formula is C6H10N2O2. The molecule has 4 nitrogen and oxygen atoms in total. The SMILES string of the molecule is CC1CCN/C1=C/[N+](=O)[O-]. The maximum atomic E-state index is 9.99. The standard InChI is InChI=1S/C6H10N2O2/c1-5-2-3-7-6(5)4-8(9)10/h4-5,7H,2-3H2,1H3/b6-4+. The molecule has 0 aliphatic carbocycles. The molecule has 0 spiro atoms. The van der Waals surface area contributed by atoms with Gasteiger partial charge in [0.05, 0.1) is 10.6 Å². The van der Waals surface area contributed by atoms with E-state index < -0.39 is 4.92 Å². The molecule has 1 aliphatic rings. The van der Waals surface area contributed by atoms with Gasteiger partial charge in [-0.1, -0.05) is 6.92 Å². The quantitative estimate of drug-likeness (QED) is 0.434. The molecule has 0 saturated carbocycles. The highest BCUT2D eigenvalue weighted by Gasteiger charge is 2.17. The Balaban J connectivity index is 2.62. The minimum atomic E-state index is -0.413. The molecule has 1 heterocycles. The maximum Gasteiger partial charge on any atom is 0.253 e. The lowest BCUT2D eigenvalue weighted by Crippen LogP contribution is -2.07. The minimum absolute atomic E-state index is 0.324. The minimum Gasteiger partial charge on any atom is -0.383 e. The van der Waals surface area contributed by atoms with E-state index in [1.165, 1.54) is 0 Å². The first kappa shape index (κ1) is 7.05. The van der Waals surface area contributed by atoms with Gasteiger partial charge in [-0.2, -0.15) is 0 Å². The third-order valence-electron chi connectivity index (χ3n) is 1.68. The summed E-state index contributed by atoms with van der Waals surface area (Å²) in [5, 5.41) is 12.9. The molecule has 1 N–H and O–H groups in total. The fourth-order valence-electron chi connectivity index (χ4n) is 1.05.